The highest BCUT2D eigenvalue weighted by Crippen LogP contribution is 2.19. The topological polar surface area (TPSA) is 55.2 Å². The minimum absolute atomic E-state index is 0.117. The molecule has 0 heterocycles. The summed E-state index contributed by atoms with van der Waals surface area (Å²) in [6.45, 7) is 3.94. The average Bonchev–Trinajstić information content (AvgIpc) is 2.16. The van der Waals surface area contributed by atoms with Gasteiger partial charge in [0.05, 0.1) is 4.92 Å². The molecule has 16 heavy (non-hydrogen) atoms. The maximum absolute atomic E-state index is 12.9. The van der Waals surface area contributed by atoms with E-state index in [-0.39, 0.29) is 17.8 Å². The molecule has 0 aliphatic rings. The maximum atomic E-state index is 12.9. The van der Waals surface area contributed by atoms with E-state index in [9.17, 15) is 14.5 Å². The smallest absolute Gasteiger partial charge is 0.274 e. The van der Waals surface area contributed by atoms with E-state index in [1.165, 1.54) is 0 Å². The molecule has 0 amide bonds. The third-order valence-electron chi connectivity index (χ3n) is 1.87. The maximum Gasteiger partial charge on any atom is 0.274 e. The molecule has 0 saturated heterocycles. The van der Waals surface area contributed by atoms with Crippen LogP contribution in [0.4, 0.5) is 10.1 Å². The van der Waals surface area contributed by atoms with E-state index in [4.69, 9.17) is 11.6 Å². The molecule has 0 aliphatic heterocycles. The lowest BCUT2D eigenvalue weighted by molar-refractivity contribution is -0.385. The molecule has 1 N–H and O–H groups in total. The first kappa shape index (κ1) is 12.6. The van der Waals surface area contributed by atoms with Crippen LogP contribution in [0.25, 0.3) is 0 Å². The molecule has 0 atom stereocenters. The standard InChI is InChI=1S/C10H10ClFN2O2/c1-7(11)5-13-6-8-4-9(12)2-3-10(8)14(15)16/h2-4,13H,1,5-6H2. The molecule has 0 aromatic heterocycles. The molecule has 6 heteroatoms. The Morgan fingerprint density at radius 2 is 2.31 bits per heavy atom. The highest BCUT2D eigenvalue weighted by Gasteiger charge is 2.13. The monoisotopic (exact) mass is 244 g/mol. The van der Waals surface area contributed by atoms with Gasteiger partial charge in [-0.15, -0.1) is 0 Å². The van der Waals surface area contributed by atoms with E-state index in [1.54, 1.807) is 0 Å². The van der Waals surface area contributed by atoms with Gasteiger partial charge in [-0.2, -0.15) is 0 Å². The van der Waals surface area contributed by atoms with E-state index >= 15 is 0 Å². The van der Waals surface area contributed by atoms with E-state index in [0.717, 1.165) is 18.2 Å². The van der Waals surface area contributed by atoms with Gasteiger partial charge in [0.15, 0.2) is 0 Å². The van der Waals surface area contributed by atoms with Gasteiger partial charge in [0, 0.05) is 29.8 Å². The zero-order valence-electron chi connectivity index (χ0n) is 8.37. The Morgan fingerprint density at radius 3 is 2.88 bits per heavy atom. The van der Waals surface area contributed by atoms with Gasteiger partial charge in [-0.05, 0) is 12.1 Å². The molecule has 0 fully saturated rings. The van der Waals surface area contributed by atoms with Crippen LogP contribution < -0.4 is 5.32 Å². The van der Waals surface area contributed by atoms with Crippen LogP contribution in [0.1, 0.15) is 5.56 Å². The molecule has 0 bridgehead atoms. The summed E-state index contributed by atoms with van der Waals surface area (Å²) in [5.74, 6) is -0.507. The van der Waals surface area contributed by atoms with Crippen molar-refractivity contribution in [2.24, 2.45) is 0 Å². The first-order valence-corrected chi connectivity index (χ1v) is 4.85. The van der Waals surface area contributed by atoms with E-state index in [2.05, 4.69) is 11.9 Å². The Labute approximate surface area is 96.9 Å². The second kappa shape index (κ2) is 5.58. The molecule has 4 nitrogen and oxygen atoms in total. The Hall–Kier alpha value is -1.46. The molecule has 86 valence electrons. The number of nitrogens with one attached hydrogen (secondary N) is 1. The number of nitro groups is 1. The number of rotatable bonds is 5. The van der Waals surface area contributed by atoms with Crippen molar-refractivity contribution in [1.29, 1.82) is 0 Å². The molecule has 1 aromatic carbocycles. The van der Waals surface area contributed by atoms with Crippen LogP contribution in [0, 0.1) is 15.9 Å². The van der Waals surface area contributed by atoms with Crippen molar-refractivity contribution in [3.8, 4) is 0 Å². The fourth-order valence-electron chi connectivity index (χ4n) is 1.21. The predicted octanol–water partition coefficient (Wildman–Crippen LogP) is 2.58. The molecule has 0 spiro atoms. The third kappa shape index (κ3) is 3.60. The van der Waals surface area contributed by atoms with Gasteiger partial charge < -0.3 is 5.32 Å². The van der Waals surface area contributed by atoms with Crippen molar-refractivity contribution in [3.05, 3.63) is 51.3 Å². The summed E-state index contributed by atoms with van der Waals surface area (Å²) in [7, 11) is 0. The highest BCUT2D eigenvalue weighted by molar-refractivity contribution is 6.29. The first-order valence-electron chi connectivity index (χ1n) is 4.47. The number of hydrogen-bond acceptors (Lipinski definition) is 3. The van der Waals surface area contributed by atoms with Crippen molar-refractivity contribution in [2.45, 2.75) is 6.54 Å². The van der Waals surface area contributed by atoms with Crippen molar-refractivity contribution >= 4 is 17.3 Å². The van der Waals surface area contributed by atoms with E-state index in [1.807, 2.05) is 0 Å². The largest absolute Gasteiger partial charge is 0.307 e. The lowest BCUT2D eigenvalue weighted by Crippen LogP contribution is -2.15. The Kier molecular flexibility index (Phi) is 4.39. The summed E-state index contributed by atoms with van der Waals surface area (Å²) in [6, 6.07) is 3.33. The van der Waals surface area contributed by atoms with Crippen molar-refractivity contribution in [3.63, 3.8) is 0 Å². The zero-order valence-corrected chi connectivity index (χ0v) is 9.13. The molecule has 0 saturated carbocycles. The summed E-state index contributed by atoms with van der Waals surface area (Å²) in [4.78, 5) is 10.1. The van der Waals surface area contributed by atoms with Gasteiger partial charge in [0.2, 0.25) is 0 Å². The van der Waals surface area contributed by atoms with Crippen LogP contribution in [-0.4, -0.2) is 11.5 Å². The Morgan fingerprint density at radius 1 is 1.62 bits per heavy atom. The average molecular weight is 245 g/mol. The molecule has 0 radical (unpaired) electrons. The molecular weight excluding hydrogens is 235 g/mol. The molecule has 1 aromatic rings. The fourth-order valence-corrected chi connectivity index (χ4v) is 1.30. The number of nitrogens with zero attached hydrogens (tertiary/aromatic N) is 1. The van der Waals surface area contributed by atoms with E-state index in [0.29, 0.717) is 11.6 Å². The molecule has 0 unspecified atom stereocenters. The van der Waals surface area contributed by atoms with Crippen LogP contribution in [-0.2, 0) is 6.54 Å². The number of hydrogen-bond donors (Lipinski definition) is 1. The predicted molar refractivity (Wildman–Crippen MR) is 59.8 cm³/mol. The summed E-state index contributed by atoms with van der Waals surface area (Å²) < 4.78 is 12.9. The molecular formula is C10H10ClFN2O2. The summed E-state index contributed by atoms with van der Waals surface area (Å²) in [5.41, 5.74) is 0.164. The minimum atomic E-state index is -0.550. The van der Waals surface area contributed by atoms with Crippen LogP contribution in [0.3, 0.4) is 0 Å². The van der Waals surface area contributed by atoms with Crippen LogP contribution in [0.15, 0.2) is 29.8 Å². The quantitative estimate of drug-likeness (QED) is 0.640. The molecule has 1 rings (SSSR count). The Balaban J connectivity index is 2.80. The van der Waals surface area contributed by atoms with E-state index < -0.39 is 10.7 Å². The lowest BCUT2D eigenvalue weighted by Gasteiger charge is -2.04. The normalized spacial score (nSPS) is 10.1. The number of nitro benzene ring substituents is 1. The van der Waals surface area contributed by atoms with Gasteiger partial charge in [-0.25, -0.2) is 4.39 Å². The first-order chi connectivity index (χ1) is 7.50. The molecule has 0 aliphatic carbocycles. The van der Waals surface area contributed by atoms with Crippen LogP contribution in [0.2, 0.25) is 0 Å². The van der Waals surface area contributed by atoms with Crippen molar-refractivity contribution < 1.29 is 9.31 Å². The van der Waals surface area contributed by atoms with Gasteiger partial charge in [0.25, 0.3) is 5.69 Å². The Bertz CT molecular complexity index is 423. The second-order valence-electron chi connectivity index (χ2n) is 3.15. The number of benzene rings is 1. The summed E-state index contributed by atoms with van der Waals surface area (Å²) in [6.07, 6.45) is 0. The van der Waals surface area contributed by atoms with Gasteiger partial charge in [-0.1, -0.05) is 18.2 Å². The van der Waals surface area contributed by atoms with Gasteiger partial charge >= 0.3 is 0 Å². The van der Waals surface area contributed by atoms with Crippen molar-refractivity contribution in [2.75, 3.05) is 6.54 Å². The highest BCUT2D eigenvalue weighted by atomic mass is 35.5. The number of halogens is 2. The second-order valence-corrected chi connectivity index (χ2v) is 3.69. The van der Waals surface area contributed by atoms with Crippen LogP contribution >= 0.6 is 11.6 Å². The summed E-state index contributed by atoms with van der Waals surface area (Å²) >= 11 is 5.51. The third-order valence-corrected chi connectivity index (χ3v) is 2.00. The SMILES string of the molecule is C=C(Cl)CNCc1cc(F)ccc1[N+](=O)[O-]. The minimum Gasteiger partial charge on any atom is -0.307 e. The van der Waals surface area contributed by atoms with Gasteiger partial charge in [0.1, 0.15) is 5.82 Å². The fraction of sp³-hybridized carbons (Fsp3) is 0.200. The summed E-state index contributed by atoms with van der Waals surface area (Å²) in [5, 5.41) is 13.9. The van der Waals surface area contributed by atoms with Crippen molar-refractivity contribution in [1.82, 2.24) is 5.32 Å². The van der Waals surface area contributed by atoms with Gasteiger partial charge in [-0.3, -0.25) is 10.1 Å². The van der Waals surface area contributed by atoms with Crippen LogP contribution in [0.5, 0.6) is 0 Å². The lowest BCUT2D eigenvalue weighted by atomic mass is 10.1. The zero-order chi connectivity index (χ0) is 12.1.